The Morgan fingerprint density at radius 2 is 2.09 bits per heavy atom. The summed E-state index contributed by atoms with van der Waals surface area (Å²) in [7, 11) is 0. The fourth-order valence-corrected chi connectivity index (χ4v) is 1.24. The molecular weight excluding hydrogens is 140 g/mol. The van der Waals surface area contributed by atoms with E-state index in [0.29, 0.717) is 12.4 Å². The van der Waals surface area contributed by atoms with E-state index in [-0.39, 0.29) is 5.41 Å². The third kappa shape index (κ3) is 2.29. The zero-order chi connectivity index (χ0) is 8.32. The first kappa shape index (κ1) is 8.72. The number of hydrogen-bond acceptors (Lipinski definition) is 2. The molecular formula is C9H16O2. The average molecular weight is 156 g/mol. The number of ketones is 1. The summed E-state index contributed by atoms with van der Waals surface area (Å²) in [5, 5.41) is 0. The van der Waals surface area contributed by atoms with Gasteiger partial charge in [0.25, 0.3) is 0 Å². The fraction of sp³-hybridized carbons (Fsp3) is 0.889. The lowest BCUT2D eigenvalue weighted by Gasteiger charge is -2.25. The lowest BCUT2D eigenvalue weighted by Crippen LogP contribution is -2.31. The fourth-order valence-electron chi connectivity index (χ4n) is 1.24. The minimum Gasteiger partial charge on any atom is -0.380 e. The monoisotopic (exact) mass is 156 g/mol. The molecule has 64 valence electrons. The summed E-state index contributed by atoms with van der Waals surface area (Å²) in [6, 6.07) is 0. The topological polar surface area (TPSA) is 26.3 Å². The molecule has 1 rings (SSSR count). The highest BCUT2D eigenvalue weighted by Crippen LogP contribution is 2.22. The van der Waals surface area contributed by atoms with Gasteiger partial charge in [-0.15, -0.1) is 0 Å². The Morgan fingerprint density at radius 3 is 2.82 bits per heavy atom. The standard InChI is InChI=1S/C9H16O2/c1-9(2)7-11-6-4-3-5-8(9)10/h3-7H2,1-2H3. The normalized spacial score (nSPS) is 25.8. The molecule has 0 amide bonds. The van der Waals surface area contributed by atoms with Crippen LogP contribution >= 0.6 is 0 Å². The summed E-state index contributed by atoms with van der Waals surface area (Å²) in [6.45, 7) is 5.32. The van der Waals surface area contributed by atoms with Crippen molar-refractivity contribution < 1.29 is 9.53 Å². The third-order valence-electron chi connectivity index (χ3n) is 2.16. The van der Waals surface area contributed by atoms with Gasteiger partial charge in [0.15, 0.2) is 0 Å². The van der Waals surface area contributed by atoms with Crippen LogP contribution in [0.25, 0.3) is 0 Å². The molecule has 1 aliphatic rings. The minimum atomic E-state index is -0.250. The first-order valence-electron chi connectivity index (χ1n) is 4.24. The summed E-state index contributed by atoms with van der Waals surface area (Å²) >= 11 is 0. The first-order chi connectivity index (χ1) is 5.13. The highest BCUT2D eigenvalue weighted by atomic mass is 16.5. The first-order valence-corrected chi connectivity index (χ1v) is 4.24. The van der Waals surface area contributed by atoms with Crippen LogP contribution in [0.15, 0.2) is 0 Å². The highest BCUT2D eigenvalue weighted by Gasteiger charge is 2.27. The van der Waals surface area contributed by atoms with E-state index in [1.54, 1.807) is 0 Å². The second kappa shape index (κ2) is 3.35. The summed E-state index contributed by atoms with van der Waals surface area (Å²) in [5.41, 5.74) is -0.250. The number of carbonyl (C=O) groups is 1. The summed E-state index contributed by atoms with van der Waals surface area (Å²) in [6.07, 6.45) is 2.75. The molecule has 2 heteroatoms. The molecule has 0 bridgehead atoms. The van der Waals surface area contributed by atoms with Gasteiger partial charge in [-0.3, -0.25) is 4.79 Å². The van der Waals surface area contributed by atoms with Crippen molar-refractivity contribution in [1.29, 1.82) is 0 Å². The molecule has 0 aromatic rings. The van der Waals surface area contributed by atoms with Crippen LogP contribution in [-0.4, -0.2) is 19.0 Å². The molecule has 1 aliphatic heterocycles. The van der Waals surface area contributed by atoms with Gasteiger partial charge in [0.05, 0.1) is 6.61 Å². The maximum atomic E-state index is 11.4. The van der Waals surface area contributed by atoms with E-state index in [4.69, 9.17) is 4.74 Å². The maximum Gasteiger partial charge on any atom is 0.140 e. The zero-order valence-corrected chi connectivity index (χ0v) is 7.35. The molecule has 1 heterocycles. The molecule has 0 aromatic heterocycles. The van der Waals surface area contributed by atoms with Crippen molar-refractivity contribution in [2.24, 2.45) is 5.41 Å². The molecule has 0 spiro atoms. The van der Waals surface area contributed by atoms with Crippen LogP contribution < -0.4 is 0 Å². The van der Waals surface area contributed by atoms with Crippen molar-refractivity contribution in [3.63, 3.8) is 0 Å². The van der Waals surface area contributed by atoms with E-state index in [9.17, 15) is 4.79 Å². The molecule has 0 saturated carbocycles. The molecule has 0 N–H and O–H groups in total. The van der Waals surface area contributed by atoms with Gasteiger partial charge in [-0.1, -0.05) is 13.8 Å². The molecule has 0 aliphatic carbocycles. The third-order valence-corrected chi connectivity index (χ3v) is 2.16. The van der Waals surface area contributed by atoms with Crippen molar-refractivity contribution in [3.05, 3.63) is 0 Å². The Kier molecular flexibility index (Phi) is 2.66. The Hall–Kier alpha value is -0.370. The van der Waals surface area contributed by atoms with Crippen molar-refractivity contribution in [3.8, 4) is 0 Å². The van der Waals surface area contributed by atoms with Crippen LogP contribution in [0.2, 0.25) is 0 Å². The van der Waals surface area contributed by atoms with E-state index in [0.717, 1.165) is 25.9 Å². The van der Waals surface area contributed by atoms with E-state index < -0.39 is 0 Å². The summed E-state index contributed by atoms with van der Waals surface area (Å²) < 4.78 is 5.34. The molecule has 11 heavy (non-hydrogen) atoms. The molecule has 1 fully saturated rings. The minimum absolute atomic E-state index is 0.250. The Bertz CT molecular complexity index is 150. The molecule has 0 unspecified atom stereocenters. The van der Waals surface area contributed by atoms with Gasteiger partial charge in [-0.05, 0) is 12.8 Å². The quantitative estimate of drug-likeness (QED) is 0.534. The van der Waals surface area contributed by atoms with Crippen LogP contribution in [0.1, 0.15) is 33.1 Å². The number of carbonyl (C=O) groups excluding carboxylic acids is 1. The molecule has 2 nitrogen and oxygen atoms in total. The Balaban J connectivity index is 2.54. The van der Waals surface area contributed by atoms with Gasteiger partial charge in [0, 0.05) is 18.4 Å². The van der Waals surface area contributed by atoms with Gasteiger partial charge >= 0.3 is 0 Å². The number of hydrogen-bond donors (Lipinski definition) is 0. The van der Waals surface area contributed by atoms with Crippen molar-refractivity contribution in [1.82, 2.24) is 0 Å². The summed E-state index contributed by atoms with van der Waals surface area (Å²) in [5.74, 6) is 0.345. The van der Waals surface area contributed by atoms with Crippen molar-refractivity contribution >= 4 is 5.78 Å². The van der Waals surface area contributed by atoms with E-state index in [1.165, 1.54) is 0 Å². The summed E-state index contributed by atoms with van der Waals surface area (Å²) in [4.78, 5) is 11.4. The largest absolute Gasteiger partial charge is 0.380 e. The smallest absolute Gasteiger partial charge is 0.140 e. The number of rotatable bonds is 0. The van der Waals surface area contributed by atoms with Gasteiger partial charge in [0.1, 0.15) is 5.78 Å². The second-order valence-electron chi connectivity index (χ2n) is 3.82. The predicted octanol–water partition coefficient (Wildman–Crippen LogP) is 1.78. The Morgan fingerprint density at radius 1 is 1.36 bits per heavy atom. The van der Waals surface area contributed by atoms with Crippen molar-refractivity contribution in [2.75, 3.05) is 13.2 Å². The molecule has 1 saturated heterocycles. The highest BCUT2D eigenvalue weighted by molar-refractivity contribution is 5.84. The zero-order valence-electron chi connectivity index (χ0n) is 7.35. The maximum absolute atomic E-state index is 11.4. The molecule has 0 radical (unpaired) electrons. The number of ether oxygens (including phenoxy) is 1. The van der Waals surface area contributed by atoms with E-state index in [2.05, 4.69) is 0 Å². The lowest BCUT2D eigenvalue weighted by molar-refractivity contribution is -0.131. The van der Waals surface area contributed by atoms with E-state index in [1.807, 2.05) is 13.8 Å². The predicted molar refractivity (Wildman–Crippen MR) is 43.5 cm³/mol. The Labute approximate surface area is 67.9 Å². The molecule has 0 aromatic carbocycles. The van der Waals surface area contributed by atoms with Crippen LogP contribution in [0.3, 0.4) is 0 Å². The SMILES string of the molecule is CC1(C)COCCCCC1=O. The molecule has 0 atom stereocenters. The van der Waals surface area contributed by atoms with E-state index >= 15 is 0 Å². The lowest BCUT2D eigenvalue weighted by atomic mass is 9.86. The van der Waals surface area contributed by atoms with Gasteiger partial charge in [-0.2, -0.15) is 0 Å². The van der Waals surface area contributed by atoms with Crippen LogP contribution in [0.4, 0.5) is 0 Å². The number of Topliss-reactive ketones (excluding diaryl/α,β-unsaturated/α-hetero) is 1. The van der Waals surface area contributed by atoms with Crippen LogP contribution in [-0.2, 0) is 9.53 Å². The second-order valence-corrected chi connectivity index (χ2v) is 3.82. The van der Waals surface area contributed by atoms with Gasteiger partial charge in [0.2, 0.25) is 0 Å². The van der Waals surface area contributed by atoms with Gasteiger partial charge < -0.3 is 4.74 Å². The van der Waals surface area contributed by atoms with Crippen LogP contribution in [0.5, 0.6) is 0 Å². The van der Waals surface area contributed by atoms with Crippen LogP contribution in [0, 0.1) is 5.41 Å². The average Bonchev–Trinajstić information content (AvgIpc) is 1.93. The van der Waals surface area contributed by atoms with Gasteiger partial charge in [-0.25, -0.2) is 0 Å². The van der Waals surface area contributed by atoms with Crippen molar-refractivity contribution in [2.45, 2.75) is 33.1 Å².